The summed E-state index contributed by atoms with van der Waals surface area (Å²) in [5.74, 6) is 0. The molecule has 0 bridgehead atoms. The minimum Gasteiger partial charge on any atom is -0.465 e. The molecule has 5 N–H and O–H groups in total. The molecule has 0 saturated heterocycles. The van der Waals surface area contributed by atoms with E-state index in [0.29, 0.717) is 0 Å². The van der Waals surface area contributed by atoms with Crippen LogP contribution in [0.15, 0.2) is 0 Å². The van der Waals surface area contributed by atoms with Gasteiger partial charge in [0.15, 0.2) is 0 Å². The molecule has 0 aliphatic rings. The molecule has 0 aromatic rings. The summed E-state index contributed by atoms with van der Waals surface area (Å²) in [4.78, 5) is 9.90. The Bertz CT molecular complexity index is 95.6. The number of amides is 1. The third kappa shape index (κ3) is 11.1. The van der Waals surface area contributed by atoms with Gasteiger partial charge in [0, 0.05) is 5.54 Å². The number of hydrogen-bond donors (Lipinski definition) is 3. The highest BCUT2D eigenvalue weighted by molar-refractivity contribution is 5.65. The quantitative estimate of drug-likeness (QED) is 0.465. The normalized spacial score (nSPS) is 9.67. The molecular weight excluding hydrogens is 120 g/mol. The summed E-state index contributed by atoms with van der Waals surface area (Å²) >= 11 is 0. The van der Waals surface area contributed by atoms with Gasteiger partial charge >= 0.3 is 6.09 Å². The van der Waals surface area contributed by atoms with Crippen LogP contribution in [0.25, 0.3) is 0 Å². The van der Waals surface area contributed by atoms with Gasteiger partial charge in [-0.2, -0.15) is 0 Å². The smallest absolute Gasteiger partial charge is 0.405 e. The van der Waals surface area contributed by atoms with E-state index in [1.165, 1.54) is 0 Å². The van der Waals surface area contributed by atoms with Crippen molar-refractivity contribution in [1.29, 1.82) is 0 Å². The number of rotatable bonds is 0. The summed E-state index contributed by atoms with van der Waals surface area (Å²) in [6.45, 7) is 5.38. The Hall–Kier alpha value is -0.770. The fraction of sp³-hybridized carbons (Fsp3) is 0.800. The first-order chi connectivity index (χ1) is 3.42. The highest BCUT2D eigenvalue weighted by Gasteiger charge is 2.10. The Morgan fingerprint density at radius 2 is 1.78 bits per heavy atom. The summed E-state index contributed by atoms with van der Waals surface area (Å²) in [7, 11) is 0. The molecule has 4 heteroatoms. The van der Waals surface area contributed by atoms with Gasteiger partial charge in [-0.1, -0.05) is 0 Å². The van der Waals surface area contributed by atoms with Gasteiger partial charge in [-0.25, -0.2) is 4.79 Å². The van der Waals surface area contributed by atoms with Crippen LogP contribution in [0.2, 0.25) is 0 Å². The van der Waals surface area contributed by atoms with Crippen molar-refractivity contribution in [2.75, 3.05) is 0 Å². The van der Waals surface area contributed by atoms with Crippen LogP contribution >= 0.6 is 0 Å². The number of nitrogens with one attached hydrogen (secondary N) is 1. The molecule has 0 radical (unpaired) electrons. The second kappa shape index (κ2) is 3.29. The van der Waals surface area contributed by atoms with Crippen LogP contribution in [0.4, 0.5) is 4.79 Å². The van der Waals surface area contributed by atoms with Crippen molar-refractivity contribution in [1.82, 2.24) is 11.5 Å². The topological polar surface area (TPSA) is 84.3 Å². The highest BCUT2D eigenvalue weighted by Crippen LogP contribution is 1.96. The Kier molecular flexibility index (Phi) is 4.06. The molecule has 0 aliphatic carbocycles. The average molecular weight is 134 g/mol. The predicted molar refractivity (Wildman–Crippen MR) is 35.9 cm³/mol. The van der Waals surface area contributed by atoms with Gasteiger partial charge in [0.05, 0.1) is 0 Å². The molecule has 0 atom stereocenters. The van der Waals surface area contributed by atoms with Crippen molar-refractivity contribution in [3.05, 3.63) is 0 Å². The van der Waals surface area contributed by atoms with E-state index >= 15 is 0 Å². The van der Waals surface area contributed by atoms with Crippen LogP contribution in [-0.2, 0) is 0 Å². The fourth-order valence-electron chi connectivity index (χ4n) is 0.321. The summed E-state index contributed by atoms with van der Waals surface area (Å²) in [5, 5.41) is 10.4. The first-order valence-corrected chi connectivity index (χ1v) is 2.43. The van der Waals surface area contributed by atoms with Gasteiger partial charge in [0.1, 0.15) is 0 Å². The molecule has 0 saturated carbocycles. The molecular formula is C5H14N2O2. The lowest BCUT2D eigenvalue weighted by atomic mass is 10.1. The zero-order valence-electron chi connectivity index (χ0n) is 6.06. The van der Waals surface area contributed by atoms with Crippen LogP contribution in [0.3, 0.4) is 0 Å². The van der Waals surface area contributed by atoms with Crippen LogP contribution in [-0.4, -0.2) is 16.7 Å². The van der Waals surface area contributed by atoms with Crippen molar-refractivity contribution in [3.8, 4) is 0 Å². The SMILES string of the molecule is CC(C)(C)NC(=O)O.N. The lowest BCUT2D eigenvalue weighted by Gasteiger charge is -2.16. The first kappa shape index (κ1) is 11.1. The Balaban J connectivity index is 0. The predicted octanol–water partition coefficient (Wildman–Crippen LogP) is 1.21. The Labute approximate surface area is 54.8 Å². The van der Waals surface area contributed by atoms with Crippen molar-refractivity contribution < 1.29 is 9.90 Å². The van der Waals surface area contributed by atoms with Crippen LogP contribution < -0.4 is 11.5 Å². The maximum absolute atomic E-state index is 9.90. The van der Waals surface area contributed by atoms with E-state index in [1.807, 2.05) is 0 Å². The summed E-state index contributed by atoms with van der Waals surface area (Å²) in [5.41, 5.74) is -0.328. The molecule has 0 rings (SSSR count). The lowest BCUT2D eigenvalue weighted by Crippen LogP contribution is -2.39. The van der Waals surface area contributed by atoms with Gasteiger partial charge < -0.3 is 16.6 Å². The Morgan fingerprint density at radius 1 is 1.44 bits per heavy atom. The van der Waals surface area contributed by atoms with Crippen molar-refractivity contribution >= 4 is 6.09 Å². The molecule has 0 aromatic carbocycles. The van der Waals surface area contributed by atoms with Gasteiger partial charge in [0.25, 0.3) is 0 Å². The molecule has 1 amide bonds. The lowest BCUT2D eigenvalue weighted by molar-refractivity contribution is 0.184. The number of carboxylic acid groups (broad SMARTS) is 1. The second-order valence-corrected chi connectivity index (χ2v) is 2.68. The molecule has 0 unspecified atom stereocenters. The van der Waals surface area contributed by atoms with Gasteiger partial charge in [0.2, 0.25) is 0 Å². The zero-order chi connectivity index (χ0) is 6.78. The molecule has 0 spiro atoms. The van der Waals surface area contributed by atoms with E-state index in [-0.39, 0.29) is 11.7 Å². The van der Waals surface area contributed by atoms with Crippen LogP contribution in [0, 0.1) is 0 Å². The van der Waals surface area contributed by atoms with E-state index < -0.39 is 6.09 Å². The summed E-state index contributed by atoms with van der Waals surface area (Å²) < 4.78 is 0. The molecule has 9 heavy (non-hydrogen) atoms. The van der Waals surface area contributed by atoms with Gasteiger partial charge in [-0.05, 0) is 20.8 Å². The number of carbonyl (C=O) groups is 1. The minimum absolute atomic E-state index is 0. The van der Waals surface area contributed by atoms with E-state index in [0.717, 1.165) is 0 Å². The highest BCUT2D eigenvalue weighted by atomic mass is 16.4. The molecule has 0 heterocycles. The zero-order valence-corrected chi connectivity index (χ0v) is 6.06. The molecule has 56 valence electrons. The average Bonchev–Trinajstić information content (AvgIpc) is 1.21. The van der Waals surface area contributed by atoms with E-state index in [1.54, 1.807) is 20.8 Å². The largest absolute Gasteiger partial charge is 0.465 e. The van der Waals surface area contributed by atoms with Crippen molar-refractivity contribution in [2.24, 2.45) is 0 Å². The standard InChI is InChI=1S/C5H11NO2.H3N/c1-5(2,3)6-4(7)8;/h6H,1-3H3,(H,7,8);1H3. The number of hydrogen-bond acceptors (Lipinski definition) is 2. The molecule has 0 fully saturated rings. The maximum Gasteiger partial charge on any atom is 0.405 e. The summed E-state index contributed by atoms with van der Waals surface area (Å²) in [6.07, 6.45) is -0.975. The third-order valence-corrected chi connectivity index (χ3v) is 0.482. The molecule has 0 aromatic heterocycles. The molecule has 0 aliphatic heterocycles. The van der Waals surface area contributed by atoms with Gasteiger partial charge in [-0.15, -0.1) is 0 Å². The monoisotopic (exact) mass is 134 g/mol. The van der Waals surface area contributed by atoms with Crippen molar-refractivity contribution in [3.63, 3.8) is 0 Å². The molecule has 4 nitrogen and oxygen atoms in total. The van der Waals surface area contributed by atoms with E-state index in [2.05, 4.69) is 5.32 Å². The fourth-order valence-corrected chi connectivity index (χ4v) is 0.321. The minimum atomic E-state index is -0.975. The third-order valence-electron chi connectivity index (χ3n) is 0.482. The van der Waals surface area contributed by atoms with Crippen LogP contribution in [0.1, 0.15) is 20.8 Å². The van der Waals surface area contributed by atoms with Gasteiger partial charge in [-0.3, -0.25) is 0 Å². The Morgan fingerprint density at radius 3 is 1.78 bits per heavy atom. The maximum atomic E-state index is 9.90. The van der Waals surface area contributed by atoms with E-state index in [4.69, 9.17) is 5.11 Å². The first-order valence-electron chi connectivity index (χ1n) is 2.43. The second-order valence-electron chi connectivity index (χ2n) is 2.68. The van der Waals surface area contributed by atoms with E-state index in [9.17, 15) is 4.79 Å². The van der Waals surface area contributed by atoms with Crippen LogP contribution in [0.5, 0.6) is 0 Å². The van der Waals surface area contributed by atoms with Crippen molar-refractivity contribution in [2.45, 2.75) is 26.3 Å². The summed E-state index contributed by atoms with van der Waals surface area (Å²) in [6, 6.07) is 0.